The average Bonchev–Trinajstić information content (AvgIpc) is 2.53. The van der Waals surface area contributed by atoms with Crippen molar-refractivity contribution in [1.29, 1.82) is 0 Å². The van der Waals surface area contributed by atoms with Crippen molar-refractivity contribution < 1.29 is 9.18 Å². The first-order chi connectivity index (χ1) is 11.1. The molecule has 0 aliphatic carbocycles. The Labute approximate surface area is 137 Å². The van der Waals surface area contributed by atoms with Crippen LogP contribution in [0.4, 0.5) is 9.18 Å². The molecule has 0 fully saturated rings. The fourth-order valence-electron chi connectivity index (χ4n) is 2.38. The third kappa shape index (κ3) is 5.40. The second-order valence-electron chi connectivity index (χ2n) is 5.82. The molecule has 1 N–H and O–H groups in total. The Morgan fingerprint density at radius 3 is 2.43 bits per heavy atom. The van der Waals surface area contributed by atoms with Crippen LogP contribution in [0.15, 0.2) is 54.6 Å². The van der Waals surface area contributed by atoms with Crippen molar-refractivity contribution in [2.75, 3.05) is 6.54 Å². The number of carbonyl (C=O) groups is 1. The Morgan fingerprint density at radius 2 is 1.78 bits per heavy atom. The summed E-state index contributed by atoms with van der Waals surface area (Å²) in [6.45, 7) is 5.05. The van der Waals surface area contributed by atoms with Crippen LogP contribution in [-0.4, -0.2) is 23.5 Å². The number of hydrogen-bond donors (Lipinski definition) is 1. The van der Waals surface area contributed by atoms with E-state index in [1.165, 1.54) is 12.1 Å². The van der Waals surface area contributed by atoms with Crippen LogP contribution in [0.1, 0.15) is 25.0 Å². The van der Waals surface area contributed by atoms with Gasteiger partial charge in [-0.1, -0.05) is 42.5 Å². The van der Waals surface area contributed by atoms with E-state index in [-0.39, 0.29) is 17.9 Å². The highest BCUT2D eigenvalue weighted by atomic mass is 19.1. The van der Waals surface area contributed by atoms with Crippen LogP contribution in [0.2, 0.25) is 0 Å². The maximum atomic E-state index is 13.1. The van der Waals surface area contributed by atoms with Gasteiger partial charge in [-0.25, -0.2) is 9.18 Å². The van der Waals surface area contributed by atoms with Gasteiger partial charge in [0.1, 0.15) is 5.82 Å². The van der Waals surface area contributed by atoms with Crippen molar-refractivity contribution in [1.82, 2.24) is 10.2 Å². The molecule has 0 saturated carbocycles. The molecule has 0 unspecified atom stereocenters. The number of halogens is 1. The number of carbonyl (C=O) groups excluding carboxylic acids is 1. The SMILES string of the molecule is CC(C)N(Cc1ccccc1)C(=O)NCCc1cccc(F)c1. The Bertz CT molecular complexity index is 628. The van der Waals surface area contributed by atoms with Crippen molar-refractivity contribution in [3.63, 3.8) is 0 Å². The van der Waals surface area contributed by atoms with Crippen LogP contribution in [0, 0.1) is 5.82 Å². The van der Waals surface area contributed by atoms with Gasteiger partial charge in [0.25, 0.3) is 0 Å². The molecule has 3 nitrogen and oxygen atoms in total. The number of benzene rings is 2. The standard InChI is InChI=1S/C19H23FN2O/c1-15(2)22(14-17-7-4-3-5-8-17)19(23)21-12-11-16-9-6-10-18(20)13-16/h3-10,13,15H,11-12,14H2,1-2H3,(H,21,23). The Balaban J connectivity index is 1.88. The van der Waals surface area contributed by atoms with Crippen LogP contribution >= 0.6 is 0 Å². The third-order valence-corrected chi connectivity index (χ3v) is 3.66. The molecular weight excluding hydrogens is 291 g/mol. The second-order valence-corrected chi connectivity index (χ2v) is 5.82. The zero-order valence-electron chi connectivity index (χ0n) is 13.6. The number of urea groups is 1. The summed E-state index contributed by atoms with van der Waals surface area (Å²) < 4.78 is 13.1. The molecule has 0 bridgehead atoms. The molecule has 0 aliphatic heterocycles. The first-order valence-corrected chi connectivity index (χ1v) is 7.89. The lowest BCUT2D eigenvalue weighted by molar-refractivity contribution is 0.180. The highest BCUT2D eigenvalue weighted by Crippen LogP contribution is 2.09. The smallest absolute Gasteiger partial charge is 0.317 e. The van der Waals surface area contributed by atoms with Gasteiger partial charge < -0.3 is 10.2 Å². The number of hydrogen-bond acceptors (Lipinski definition) is 1. The molecule has 0 saturated heterocycles. The molecular formula is C19H23FN2O. The summed E-state index contributed by atoms with van der Waals surface area (Å²) in [6, 6.07) is 16.4. The van der Waals surface area contributed by atoms with Crippen molar-refractivity contribution >= 4 is 6.03 Å². The van der Waals surface area contributed by atoms with Crippen LogP contribution in [0.5, 0.6) is 0 Å². The minimum Gasteiger partial charge on any atom is -0.338 e. The molecule has 0 atom stereocenters. The molecule has 4 heteroatoms. The maximum Gasteiger partial charge on any atom is 0.317 e. The third-order valence-electron chi connectivity index (χ3n) is 3.66. The highest BCUT2D eigenvalue weighted by Gasteiger charge is 2.16. The lowest BCUT2D eigenvalue weighted by Crippen LogP contribution is -2.44. The van der Waals surface area contributed by atoms with Gasteiger partial charge in [0.2, 0.25) is 0 Å². The quantitative estimate of drug-likeness (QED) is 0.859. The number of rotatable bonds is 6. The summed E-state index contributed by atoms with van der Waals surface area (Å²) in [6.07, 6.45) is 0.612. The van der Waals surface area contributed by atoms with Crippen LogP contribution < -0.4 is 5.32 Å². The van der Waals surface area contributed by atoms with E-state index in [9.17, 15) is 9.18 Å². The molecule has 0 aromatic heterocycles. The largest absolute Gasteiger partial charge is 0.338 e. The minimum atomic E-state index is -0.248. The summed E-state index contributed by atoms with van der Waals surface area (Å²) in [5, 5.41) is 2.92. The lowest BCUT2D eigenvalue weighted by Gasteiger charge is -2.27. The Morgan fingerprint density at radius 1 is 1.09 bits per heavy atom. The minimum absolute atomic E-state index is 0.0970. The number of nitrogens with zero attached hydrogens (tertiary/aromatic N) is 1. The predicted molar refractivity (Wildman–Crippen MR) is 90.6 cm³/mol. The summed E-state index contributed by atoms with van der Waals surface area (Å²) in [7, 11) is 0. The lowest BCUT2D eigenvalue weighted by atomic mass is 10.1. The summed E-state index contributed by atoms with van der Waals surface area (Å²) in [5.41, 5.74) is 1.98. The normalized spacial score (nSPS) is 10.6. The van der Waals surface area contributed by atoms with E-state index in [1.54, 1.807) is 11.0 Å². The molecule has 2 aromatic rings. The highest BCUT2D eigenvalue weighted by molar-refractivity contribution is 5.74. The second kappa shape index (κ2) is 8.32. The van der Waals surface area contributed by atoms with E-state index < -0.39 is 0 Å². The molecule has 2 aromatic carbocycles. The zero-order chi connectivity index (χ0) is 16.7. The van der Waals surface area contributed by atoms with Crippen LogP contribution in [0.3, 0.4) is 0 Å². The van der Waals surface area contributed by atoms with Gasteiger partial charge in [0.15, 0.2) is 0 Å². The topological polar surface area (TPSA) is 32.3 Å². The number of amides is 2. The van der Waals surface area contributed by atoms with E-state index in [1.807, 2.05) is 50.2 Å². The monoisotopic (exact) mass is 314 g/mol. The fraction of sp³-hybridized carbons (Fsp3) is 0.316. The fourth-order valence-corrected chi connectivity index (χ4v) is 2.38. The van der Waals surface area contributed by atoms with Gasteiger partial charge in [-0.15, -0.1) is 0 Å². The van der Waals surface area contributed by atoms with Crippen LogP contribution in [-0.2, 0) is 13.0 Å². The van der Waals surface area contributed by atoms with Crippen LogP contribution in [0.25, 0.3) is 0 Å². The van der Waals surface area contributed by atoms with Crippen molar-refractivity contribution in [2.45, 2.75) is 32.9 Å². The molecule has 2 rings (SSSR count). The molecule has 2 amide bonds. The summed E-state index contributed by atoms with van der Waals surface area (Å²) in [4.78, 5) is 14.2. The van der Waals surface area contributed by atoms with Gasteiger partial charge in [-0.05, 0) is 43.5 Å². The molecule has 0 heterocycles. The summed E-state index contributed by atoms with van der Waals surface area (Å²) in [5.74, 6) is -0.248. The maximum absolute atomic E-state index is 13.1. The average molecular weight is 314 g/mol. The van der Waals surface area contributed by atoms with Gasteiger partial charge in [-0.3, -0.25) is 0 Å². The van der Waals surface area contributed by atoms with Gasteiger partial charge in [0.05, 0.1) is 0 Å². The molecule has 0 radical (unpaired) electrons. The molecule has 0 aliphatic rings. The van der Waals surface area contributed by atoms with Crippen molar-refractivity contribution in [3.05, 3.63) is 71.5 Å². The molecule has 122 valence electrons. The van der Waals surface area contributed by atoms with Gasteiger partial charge >= 0.3 is 6.03 Å². The zero-order valence-corrected chi connectivity index (χ0v) is 13.6. The first kappa shape index (κ1) is 17.0. The van der Waals surface area contributed by atoms with E-state index in [2.05, 4.69) is 5.32 Å². The molecule has 0 spiro atoms. The van der Waals surface area contributed by atoms with Crippen molar-refractivity contribution in [2.24, 2.45) is 0 Å². The van der Waals surface area contributed by atoms with E-state index in [0.29, 0.717) is 19.5 Å². The predicted octanol–water partition coefficient (Wildman–Crippen LogP) is 3.99. The summed E-state index contributed by atoms with van der Waals surface area (Å²) >= 11 is 0. The number of nitrogens with one attached hydrogen (secondary N) is 1. The van der Waals surface area contributed by atoms with E-state index in [0.717, 1.165) is 11.1 Å². The Kier molecular flexibility index (Phi) is 6.15. The van der Waals surface area contributed by atoms with E-state index in [4.69, 9.17) is 0 Å². The van der Waals surface area contributed by atoms with Crippen molar-refractivity contribution in [3.8, 4) is 0 Å². The Hall–Kier alpha value is -2.36. The van der Waals surface area contributed by atoms with E-state index >= 15 is 0 Å². The van der Waals surface area contributed by atoms with Gasteiger partial charge in [-0.2, -0.15) is 0 Å². The first-order valence-electron chi connectivity index (χ1n) is 7.89. The van der Waals surface area contributed by atoms with Gasteiger partial charge in [0, 0.05) is 19.1 Å². The molecule has 23 heavy (non-hydrogen) atoms.